The zero-order valence-electron chi connectivity index (χ0n) is 12.9. The largest absolute Gasteiger partial charge is 0.491 e. The number of ether oxygens (including phenoxy) is 1. The summed E-state index contributed by atoms with van der Waals surface area (Å²) in [6, 6.07) is 8.24. The van der Waals surface area contributed by atoms with E-state index in [4.69, 9.17) is 9.84 Å². The van der Waals surface area contributed by atoms with Crippen molar-refractivity contribution in [1.29, 1.82) is 0 Å². The smallest absolute Gasteiger partial charge is 0.119 e. The van der Waals surface area contributed by atoms with Gasteiger partial charge in [-0.15, -0.1) is 0 Å². The van der Waals surface area contributed by atoms with E-state index in [9.17, 15) is 0 Å². The Balaban J connectivity index is 0.00000361. The van der Waals surface area contributed by atoms with Gasteiger partial charge in [0.1, 0.15) is 12.4 Å². The highest BCUT2D eigenvalue weighted by atomic mass is 16.5. The predicted octanol–water partition coefficient (Wildman–Crippen LogP) is 4.51. The molecule has 0 unspecified atom stereocenters. The van der Waals surface area contributed by atoms with E-state index in [-0.39, 0.29) is 12.8 Å². The molecule has 3 nitrogen and oxygen atoms in total. The van der Waals surface area contributed by atoms with Crippen LogP contribution in [0.5, 0.6) is 5.75 Å². The fourth-order valence-corrected chi connectivity index (χ4v) is 2.20. The van der Waals surface area contributed by atoms with E-state index in [1.807, 2.05) is 12.1 Å². The van der Waals surface area contributed by atoms with Crippen LogP contribution in [0.1, 0.15) is 57.4 Å². The molecule has 0 bridgehead atoms. The Bertz CT molecular complexity index is 311. The zero-order chi connectivity index (χ0) is 13.8. The Morgan fingerprint density at radius 2 is 1.50 bits per heavy atom. The van der Waals surface area contributed by atoms with Gasteiger partial charge in [-0.1, -0.05) is 57.6 Å². The molecule has 3 heteroatoms. The van der Waals surface area contributed by atoms with Gasteiger partial charge in [0.2, 0.25) is 0 Å². The molecule has 0 atom stereocenters. The fraction of sp³-hybridized carbons (Fsp3) is 0.647. The van der Waals surface area contributed by atoms with Crippen LogP contribution in [0, 0.1) is 0 Å². The van der Waals surface area contributed by atoms with Crippen LogP contribution in [-0.4, -0.2) is 18.3 Å². The molecule has 0 amide bonds. The zero-order valence-corrected chi connectivity index (χ0v) is 12.9. The molecule has 0 aromatic heterocycles. The second-order valence-corrected chi connectivity index (χ2v) is 5.09. The van der Waals surface area contributed by atoms with Gasteiger partial charge in [-0.3, -0.25) is 0 Å². The molecule has 0 fully saturated rings. The number of rotatable bonds is 11. The van der Waals surface area contributed by atoms with E-state index in [2.05, 4.69) is 19.1 Å². The van der Waals surface area contributed by atoms with E-state index < -0.39 is 0 Å². The van der Waals surface area contributed by atoms with Gasteiger partial charge in [-0.05, 0) is 30.5 Å². The molecule has 20 heavy (non-hydrogen) atoms. The average molecular weight is 281 g/mol. The number of unbranched alkanes of at least 4 members (excludes halogenated alkanes) is 6. The summed E-state index contributed by atoms with van der Waals surface area (Å²) in [6.45, 7) is 2.70. The van der Waals surface area contributed by atoms with E-state index in [1.54, 1.807) is 0 Å². The molecule has 116 valence electrons. The Kier molecular flexibility index (Phi) is 12.3. The first kappa shape index (κ1) is 18.9. The molecule has 1 aromatic rings. The van der Waals surface area contributed by atoms with Gasteiger partial charge in [0.25, 0.3) is 0 Å². The van der Waals surface area contributed by atoms with Crippen molar-refractivity contribution in [2.45, 2.75) is 58.3 Å². The van der Waals surface area contributed by atoms with E-state index in [0.717, 1.165) is 12.2 Å². The summed E-state index contributed by atoms with van der Waals surface area (Å²) in [7, 11) is 0. The van der Waals surface area contributed by atoms with Gasteiger partial charge in [0.15, 0.2) is 0 Å². The van der Waals surface area contributed by atoms with Crippen molar-refractivity contribution in [2.24, 2.45) is 0 Å². The Morgan fingerprint density at radius 1 is 0.900 bits per heavy atom. The van der Waals surface area contributed by atoms with Crippen LogP contribution in [0.3, 0.4) is 0 Å². The van der Waals surface area contributed by atoms with Crippen LogP contribution in [0.15, 0.2) is 24.3 Å². The molecule has 0 heterocycles. The van der Waals surface area contributed by atoms with Crippen molar-refractivity contribution in [1.82, 2.24) is 6.15 Å². The maximum absolute atomic E-state index is 8.68. The second-order valence-electron chi connectivity index (χ2n) is 5.09. The molecule has 0 saturated carbocycles. The molecular formula is C17H31NO2. The average Bonchev–Trinajstić information content (AvgIpc) is 2.45. The molecule has 0 aliphatic carbocycles. The van der Waals surface area contributed by atoms with Crippen LogP contribution in [0.25, 0.3) is 0 Å². The van der Waals surface area contributed by atoms with Gasteiger partial charge >= 0.3 is 0 Å². The van der Waals surface area contributed by atoms with E-state index in [0.29, 0.717) is 6.61 Å². The molecule has 1 rings (SSSR count). The molecule has 1 aromatic carbocycles. The highest BCUT2D eigenvalue weighted by molar-refractivity contribution is 5.27. The molecule has 4 N–H and O–H groups in total. The van der Waals surface area contributed by atoms with E-state index >= 15 is 0 Å². The molecular weight excluding hydrogens is 250 g/mol. The lowest BCUT2D eigenvalue weighted by Crippen LogP contribution is -2.01. The second kappa shape index (κ2) is 12.9. The summed E-state index contributed by atoms with van der Waals surface area (Å²) in [5.41, 5.74) is 1.38. The first-order valence-electron chi connectivity index (χ1n) is 7.69. The first-order valence-corrected chi connectivity index (χ1v) is 7.69. The third-order valence-electron chi connectivity index (χ3n) is 3.35. The predicted molar refractivity (Wildman–Crippen MR) is 85.7 cm³/mol. The van der Waals surface area contributed by atoms with Crippen molar-refractivity contribution in [2.75, 3.05) is 13.2 Å². The lowest BCUT2D eigenvalue weighted by atomic mass is 10.0. The summed E-state index contributed by atoms with van der Waals surface area (Å²) in [4.78, 5) is 0. The van der Waals surface area contributed by atoms with Gasteiger partial charge in [-0.25, -0.2) is 0 Å². The van der Waals surface area contributed by atoms with Crippen LogP contribution in [0.4, 0.5) is 0 Å². The Labute approximate surface area is 123 Å². The third kappa shape index (κ3) is 8.94. The molecule has 0 spiro atoms. The standard InChI is InChI=1S/C17H28O2.H3N/c1-2-3-4-5-6-7-8-9-16-10-12-17(13-11-16)19-15-14-18;/h10-13,18H,2-9,14-15H2,1H3;1H3. The molecule has 0 aliphatic rings. The van der Waals surface area contributed by atoms with Crippen molar-refractivity contribution in [3.63, 3.8) is 0 Å². The molecule has 0 aliphatic heterocycles. The highest BCUT2D eigenvalue weighted by Gasteiger charge is 1.96. The van der Waals surface area contributed by atoms with Gasteiger partial charge in [0, 0.05) is 0 Å². The van der Waals surface area contributed by atoms with Crippen LogP contribution >= 0.6 is 0 Å². The fourth-order valence-electron chi connectivity index (χ4n) is 2.20. The Morgan fingerprint density at radius 3 is 2.10 bits per heavy atom. The van der Waals surface area contributed by atoms with Crippen LogP contribution in [-0.2, 0) is 6.42 Å². The minimum Gasteiger partial charge on any atom is -0.491 e. The van der Waals surface area contributed by atoms with Crippen LogP contribution < -0.4 is 10.9 Å². The van der Waals surface area contributed by atoms with Gasteiger partial charge in [-0.2, -0.15) is 0 Å². The lowest BCUT2D eigenvalue weighted by molar-refractivity contribution is 0.201. The first-order chi connectivity index (χ1) is 9.36. The highest BCUT2D eigenvalue weighted by Crippen LogP contribution is 2.15. The minimum atomic E-state index is 0. The topological polar surface area (TPSA) is 64.5 Å². The number of aliphatic hydroxyl groups is 1. The monoisotopic (exact) mass is 281 g/mol. The molecule has 0 saturated heterocycles. The maximum Gasteiger partial charge on any atom is 0.119 e. The maximum atomic E-state index is 8.68. The van der Waals surface area contributed by atoms with Gasteiger partial charge < -0.3 is 16.0 Å². The Hall–Kier alpha value is -1.06. The lowest BCUT2D eigenvalue weighted by Gasteiger charge is -2.06. The summed E-state index contributed by atoms with van der Waals surface area (Å²) >= 11 is 0. The van der Waals surface area contributed by atoms with E-state index in [1.165, 1.54) is 50.5 Å². The number of aliphatic hydroxyl groups excluding tert-OH is 1. The normalized spacial score (nSPS) is 10.1. The third-order valence-corrected chi connectivity index (χ3v) is 3.35. The number of aryl methyl sites for hydroxylation is 1. The summed E-state index contributed by atoms with van der Waals surface area (Å²) in [5.74, 6) is 0.845. The van der Waals surface area contributed by atoms with Crippen molar-refractivity contribution >= 4 is 0 Å². The van der Waals surface area contributed by atoms with Crippen molar-refractivity contribution < 1.29 is 9.84 Å². The molecule has 0 radical (unpaired) electrons. The number of benzene rings is 1. The summed E-state index contributed by atoms with van der Waals surface area (Å²) in [5, 5.41) is 8.68. The van der Waals surface area contributed by atoms with Crippen molar-refractivity contribution in [3.05, 3.63) is 29.8 Å². The number of hydrogen-bond donors (Lipinski definition) is 2. The van der Waals surface area contributed by atoms with Crippen LogP contribution in [0.2, 0.25) is 0 Å². The summed E-state index contributed by atoms with van der Waals surface area (Å²) in [6.07, 6.45) is 10.6. The SMILES string of the molecule is CCCCCCCCCc1ccc(OCCO)cc1.N. The van der Waals surface area contributed by atoms with Gasteiger partial charge in [0.05, 0.1) is 6.61 Å². The minimum absolute atomic E-state index is 0. The quantitative estimate of drug-likeness (QED) is 0.586. The number of hydrogen-bond acceptors (Lipinski definition) is 3. The summed E-state index contributed by atoms with van der Waals surface area (Å²) < 4.78 is 5.34. The van der Waals surface area contributed by atoms with Crippen molar-refractivity contribution in [3.8, 4) is 5.75 Å².